The Morgan fingerprint density at radius 2 is 1.86 bits per heavy atom. The van der Waals surface area contributed by atoms with Crippen molar-refractivity contribution in [2.24, 2.45) is 5.41 Å². The largest absolute Gasteiger partial charge is 0.396 e. The first kappa shape index (κ1) is 18.2. The van der Waals surface area contributed by atoms with Crippen LogP contribution < -0.4 is 5.32 Å². The molecule has 4 nitrogen and oxygen atoms in total. The fraction of sp³-hybridized carbons (Fsp3) is 0.533. The monoisotopic (exact) mass is 333 g/mol. The van der Waals surface area contributed by atoms with Gasteiger partial charge in [-0.1, -0.05) is 37.0 Å². The van der Waals surface area contributed by atoms with Crippen LogP contribution in [0.3, 0.4) is 0 Å². The summed E-state index contributed by atoms with van der Waals surface area (Å²) >= 11 is 11.7. The maximum absolute atomic E-state index is 11.8. The molecule has 3 N–H and O–H groups in total. The van der Waals surface area contributed by atoms with Crippen LogP contribution in [-0.2, 0) is 4.79 Å². The lowest BCUT2D eigenvalue weighted by Crippen LogP contribution is -2.35. The van der Waals surface area contributed by atoms with Gasteiger partial charge in [0.2, 0.25) is 5.91 Å². The predicted molar refractivity (Wildman–Crippen MR) is 84.5 cm³/mol. The molecule has 118 valence electrons. The lowest BCUT2D eigenvalue weighted by Gasteiger charge is -2.24. The molecule has 0 aliphatic carbocycles. The topological polar surface area (TPSA) is 69.6 Å². The third-order valence-corrected chi connectivity index (χ3v) is 3.64. The number of carbonyl (C=O) groups is 1. The number of aliphatic hydroxyl groups is 2. The van der Waals surface area contributed by atoms with Crippen molar-refractivity contribution >= 4 is 29.1 Å². The second-order valence-electron chi connectivity index (χ2n) is 5.84. The van der Waals surface area contributed by atoms with Gasteiger partial charge >= 0.3 is 0 Å². The Kier molecular flexibility index (Phi) is 6.94. The summed E-state index contributed by atoms with van der Waals surface area (Å²) < 4.78 is 0. The summed E-state index contributed by atoms with van der Waals surface area (Å²) in [7, 11) is 0. The van der Waals surface area contributed by atoms with Crippen LogP contribution in [0.25, 0.3) is 0 Å². The molecular weight excluding hydrogens is 313 g/mol. The minimum absolute atomic E-state index is 0.0636. The molecule has 1 atom stereocenters. The van der Waals surface area contributed by atoms with Crippen molar-refractivity contribution in [1.82, 2.24) is 5.32 Å². The molecule has 1 rings (SSSR count). The first-order valence-electron chi connectivity index (χ1n) is 6.75. The van der Waals surface area contributed by atoms with Crippen molar-refractivity contribution in [2.45, 2.75) is 32.8 Å². The highest BCUT2D eigenvalue weighted by Crippen LogP contribution is 2.25. The Morgan fingerprint density at radius 3 is 2.38 bits per heavy atom. The molecular formula is C15H21Cl2NO3. The summed E-state index contributed by atoms with van der Waals surface area (Å²) in [5, 5.41) is 22.6. The average Bonchev–Trinajstić information content (AvgIpc) is 2.35. The Labute approximate surface area is 135 Å². The number of hydrogen-bond acceptors (Lipinski definition) is 3. The summed E-state index contributed by atoms with van der Waals surface area (Å²) in [5.41, 5.74) is 0.326. The molecule has 0 spiro atoms. The fourth-order valence-electron chi connectivity index (χ4n) is 1.86. The van der Waals surface area contributed by atoms with Crippen LogP contribution in [-0.4, -0.2) is 29.3 Å². The molecule has 0 aliphatic rings. The van der Waals surface area contributed by atoms with Crippen molar-refractivity contribution < 1.29 is 15.0 Å². The number of carbonyl (C=O) groups excluding carboxylic acids is 1. The Hall–Kier alpha value is -0.810. The molecule has 0 radical (unpaired) electrons. The van der Waals surface area contributed by atoms with Crippen molar-refractivity contribution in [3.8, 4) is 0 Å². The molecule has 6 heteroatoms. The van der Waals surface area contributed by atoms with Crippen molar-refractivity contribution in [3.63, 3.8) is 0 Å². The van der Waals surface area contributed by atoms with E-state index in [1.54, 1.807) is 18.2 Å². The molecule has 1 aromatic rings. The van der Waals surface area contributed by atoms with Crippen LogP contribution in [0.5, 0.6) is 0 Å². The third kappa shape index (κ3) is 6.66. The number of halogens is 2. The van der Waals surface area contributed by atoms with Crippen LogP contribution in [0.2, 0.25) is 10.0 Å². The van der Waals surface area contributed by atoms with Crippen LogP contribution in [0.1, 0.15) is 38.4 Å². The normalized spacial score (nSPS) is 13.0. The molecule has 0 aliphatic heterocycles. The quantitative estimate of drug-likeness (QED) is 0.718. The molecule has 0 saturated heterocycles. The van der Waals surface area contributed by atoms with Crippen LogP contribution in [0, 0.1) is 5.41 Å². The summed E-state index contributed by atoms with van der Waals surface area (Å²) in [6.07, 6.45) is -0.423. The molecule has 21 heavy (non-hydrogen) atoms. The zero-order chi connectivity index (χ0) is 16.0. The molecule has 0 bridgehead atoms. The molecule has 1 amide bonds. The lowest BCUT2D eigenvalue weighted by molar-refractivity contribution is -0.123. The molecule has 0 saturated carbocycles. The smallest absolute Gasteiger partial charge is 0.222 e. The van der Waals surface area contributed by atoms with Gasteiger partial charge in [0.25, 0.3) is 0 Å². The van der Waals surface area contributed by atoms with E-state index in [4.69, 9.17) is 28.3 Å². The van der Waals surface area contributed by atoms with Gasteiger partial charge in [-0.15, -0.1) is 0 Å². The number of hydrogen-bond donors (Lipinski definition) is 3. The van der Waals surface area contributed by atoms with E-state index in [1.165, 1.54) is 0 Å². The molecule has 0 aromatic heterocycles. The van der Waals surface area contributed by atoms with Crippen molar-refractivity contribution in [2.75, 3.05) is 13.2 Å². The second-order valence-corrected chi connectivity index (χ2v) is 6.71. The van der Waals surface area contributed by atoms with Crippen LogP contribution in [0.15, 0.2) is 18.2 Å². The maximum Gasteiger partial charge on any atom is 0.222 e. The SMILES string of the molecule is CC(C)(CCO)CNC(=O)CC(O)c1cc(Cl)cc(Cl)c1. The van der Waals surface area contributed by atoms with Gasteiger partial charge in [-0.05, 0) is 35.6 Å². The van der Waals surface area contributed by atoms with E-state index in [1.807, 2.05) is 13.8 Å². The van der Waals surface area contributed by atoms with E-state index in [-0.39, 0.29) is 24.3 Å². The van der Waals surface area contributed by atoms with E-state index >= 15 is 0 Å². The molecule has 0 heterocycles. The number of benzene rings is 1. The Balaban J connectivity index is 2.54. The minimum Gasteiger partial charge on any atom is -0.396 e. The van der Waals surface area contributed by atoms with Gasteiger partial charge in [0.15, 0.2) is 0 Å². The van der Waals surface area contributed by atoms with E-state index < -0.39 is 6.10 Å². The maximum atomic E-state index is 11.8. The van der Waals surface area contributed by atoms with Crippen molar-refractivity contribution in [1.29, 1.82) is 0 Å². The van der Waals surface area contributed by atoms with Gasteiger partial charge in [-0.3, -0.25) is 4.79 Å². The summed E-state index contributed by atoms with van der Waals surface area (Å²) in [4.78, 5) is 11.8. The zero-order valence-electron chi connectivity index (χ0n) is 12.2. The summed E-state index contributed by atoms with van der Waals surface area (Å²) in [6, 6.07) is 4.74. The highest BCUT2D eigenvalue weighted by atomic mass is 35.5. The first-order valence-corrected chi connectivity index (χ1v) is 7.51. The van der Waals surface area contributed by atoms with Crippen LogP contribution in [0.4, 0.5) is 0 Å². The molecule has 0 fully saturated rings. The van der Waals surface area contributed by atoms with Crippen LogP contribution >= 0.6 is 23.2 Å². The number of rotatable bonds is 7. The van der Waals surface area contributed by atoms with Gasteiger partial charge in [0, 0.05) is 23.2 Å². The van der Waals surface area contributed by atoms with E-state index in [0.29, 0.717) is 28.6 Å². The zero-order valence-corrected chi connectivity index (χ0v) is 13.7. The van der Waals surface area contributed by atoms with E-state index in [2.05, 4.69) is 5.32 Å². The van der Waals surface area contributed by atoms with Gasteiger partial charge < -0.3 is 15.5 Å². The summed E-state index contributed by atoms with van der Waals surface area (Å²) in [5.74, 6) is -0.260. The lowest BCUT2D eigenvalue weighted by atomic mass is 9.89. The van der Waals surface area contributed by atoms with E-state index in [9.17, 15) is 9.90 Å². The minimum atomic E-state index is -0.956. The molecule has 1 aromatic carbocycles. The van der Waals surface area contributed by atoms with Gasteiger partial charge in [-0.25, -0.2) is 0 Å². The van der Waals surface area contributed by atoms with E-state index in [0.717, 1.165) is 0 Å². The number of nitrogens with one attached hydrogen (secondary N) is 1. The first-order chi connectivity index (χ1) is 9.73. The fourth-order valence-corrected chi connectivity index (χ4v) is 2.41. The van der Waals surface area contributed by atoms with Gasteiger partial charge in [0.1, 0.15) is 0 Å². The highest BCUT2D eigenvalue weighted by Gasteiger charge is 2.20. The number of amides is 1. The Bertz CT molecular complexity index is 472. The van der Waals surface area contributed by atoms with Gasteiger partial charge in [0.05, 0.1) is 12.5 Å². The second kappa shape index (κ2) is 7.99. The van der Waals surface area contributed by atoms with Crippen molar-refractivity contribution in [3.05, 3.63) is 33.8 Å². The third-order valence-electron chi connectivity index (χ3n) is 3.20. The Morgan fingerprint density at radius 1 is 1.29 bits per heavy atom. The average molecular weight is 334 g/mol. The molecule has 1 unspecified atom stereocenters. The standard InChI is InChI=1S/C15H21Cl2NO3/c1-15(2,3-4-19)9-18-14(21)8-13(20)10-5-11(16)7-12(17)6-10/h5-7,13,19-20H,3-4,8-9H2,1-2H3,(H,18,21). The van der Waals surface area contributed by atoms with Gasteiger partial charge in [-0.2, -0.15) is 0 Å². The predicted octanol–water partition coefficient (Wildman–Crippen LogP) is 2.94. The number of aliphatic hydroxyl groups excluding tert-OH is 2. The highest BCUT2D eigenvalue weighted by molar-refractivity contribution is 6.34. The summed E-state index contributed by atoms with van der Waals surface area (Å²) in [6.45, 7) is 4.43.